The number of amides is 1. The van der Waals surface area contributed by atoms with Crippen LogP contribution in [-0.2, 0) is 16.4 Å². The zero-order chi connectivity index (χ0) is 25.3. The number of carbonyl (C=O) groups excluding carboxylic acids is 1. The minimum Gasteiger partial charge on any atom is -0.338 e. The topological polar surface area (TPSA) is 79.4 Å². The number of fused-ring (bicyclic) bond motifs is 1. The number of likely N-dealkylation sites (tertiary alicyclic amines) is 1. The van der Waals surface area contributed by atoms with Gasteiger partial charge in [0.1, 0.15) is 21.9 Å². The molecule has 4 aromatic rings. The van der Waals surface area contributed by atoms with Crippen molar-refractivity contribution in [3.05, 3.63) is 89.2 Å². The van der Waals surface area contributed by atoms with Crippen molar-refractivity contribution in [3.8, 4) is 0 Å². The van der Waals surface area contributed by atoms with Crippen LogP contribution in [0.4, 0.5) is 14.5 Å². The number of alkyl halides is 1. The Morgan fingerprint density at radius 2 is 1.75 bits per heavy atom. The second kappa shape index (κ2) is 9.59. The number of nitrogens with zero attached hydrogens (tertiary/aromatic N) is 2. The van der Waals surface area contributed by atoms with E-state index in [1.165, 1.54) is 41.7 Å². The van der Waals surface area contributed by atoms with Gasteiger partial charge >= 0.3 is 0 Å². The average Bonchev–Trinajstić information content (AvgIpc) is 3.35. The lowest BCUT2D eigenvalue weighted by Crippen LogP contribution is -2.45. The molecule has 0 unspecified atom stereocenters. The molecule has 1 aromatic heterocycles. The van der Waals surface area contributed by atoms with E-state index in [0.29, 0.717) is 16.8 Å². The van der Waals surface area contributed by atoms with Gasteiger partial charge in [-0.25, -0.2) is 22.2 Å². The molecule has 1 aliphatic heterocycles. The third-order valence-corrected chi connectivity index (χ3v) is 8.59. The van der Waals surface area contributed by atoms with Crippen molar-refractivity contribution in [2.75, 3.05) is 17.8 Å². The molecule has 1 amide bonds. The summed E-state index contributed by atoms with van der Waals surface area (Å²) in [4.78, 5) is 18.8. The number of benzene rings is 3. The van der Waals surface area contributed by atoms with Crippen LogP contribution in [0.2, 0.25) is 0 Å². The Kier molecular flexibility index (Phi) is 6.48. The highest BCUT2D eigenvalue weighted by atomic mass is 32.2. The normalized spacial score (nSPS) is 15.7. The zero-order valence-electron chi connectivity index (χ0n) is 19.2. The molecule has 6 nitrogen and oxygen atoms in total. The van der Waals surface area contributed by atoms with Gasteiger partial charge in [-0.15, -0.1) is 11.3 Å². The van der Waals surface area contributed by atoms with Gasteiger partial charge in [0.25, 0.3) is 15.9 Å². The molecule has 1 saturated heterocycles. The van der Waals surface area contributed by atoms with Gasteiger partial charge in [0.2, 0.25) is 0 Å². The quantitative estimate of drug-likeness (QED) is 0.349. The monoisotopic (exact) mass is 529 g/mol. The highest BCUT2D eigenvalue weighted by Gasteiger charge is 2.36. The highest BCUT2D eigenvalue weighted by Crippen LogP contribution is 2.31. The molecule has 2 heterocycles. The fourth-order valence-corrected chi connectivity index (χ4v) is 6.41. The lowest BCUT2D eigenvalue weighted by atomic mass is 9.87. The van der Waals surface area contributed by atoms with E-state index in [2.05, 4.69) is 9.71 Å². The van der Waals surface area contributed by atoms with Gasteiger partial charge in [0, 0.05) is 32.2 Å². The SMILES string of the molecule is O=C(c1ccc(NS(=O)(=O)c2cccc3scnc23)cc1)N1CCC(F)(Cc2ccc(F)cc2)CC1.[HH]. The van der Waals surface area contributed by atoms with Gasteiger partial charge in [-0.1, -0.05) is 18.2 Å². The maximum atomic E-state index is 15.3. The third kappa shape index (κ3) is 5.10. The molecule has 0 aliphatic carbocycles. The Labute approximate surface area is 213 Å². The van der Waals surface area contributed by atoms with Crippen LogP contribution >= 0.6 is 11.3 Å². The first-order valence-electron chi connectivity index (χ1n) is 11.4. The van der Waals surface area contributed by atoms with Gasteiger partial charge in [-0.05, 0) is 66.9 Å². The highest BCUT2D eigenvalue weighted by molar-refractivity contribution is 7.93. The van der Waals surface area contributed by atoms with Crippen LogP contribution in [0.5, 0.6) is 0 Å². The van der Waals surface area contributed by atoms with Crippen molar-refractivity contribution in [2.45, 2.75) is 29.8 Å². The molecule has 3 aromatic carbocycles. The van der Waals surface area contributed by atoms with E-state index in [9.17, 15) is 17.6 Å². The maximum Gasteiger partial charge on any atom is 0.264 e. The number of piperidine rings is 1. The van der Waals surface area contributed by atoms with Crippen LogP contribution in [0.25, 0.3) is 10.2 Å². The maximum absolute atomic E-state index is 15.3. The van der Waals surface area contributed by atoms with Crippen molar-refractivity contribution < 1.29 is 23.4 Å². The Bertz CT molecular complexity index is 1500. The number of carbonyl (C=O) groups is 1. The first-order chi connectivity index (χ1) is 17.2. The third-order valence-electron chi connectivity index (χ3n) is 6.38. The van der Waals surface area contributed by atoms with E-state index in [0.717, 1.165) is 10.3 Å². The molecule has 0 spiro atoms. The van der Waals surface area contributed by atoms with Crippen LogP contribution in [0.15, 0.2) is 77.1 Å². The first-order valence-corrected chi connectivity index (χ1v) is 13.8. The number of sulfonamides is 1. The van der Waals surface area contributed by atoms with Crippen LogP contribution in [-0.4, -0.2) is 43.0 Å². The van der Waals surface area contributed by atoms with Crippen LogP contribution in [0.3, 0.4) is 0 Å². The summed E-state index contributed by atoms with van der Waals surface area (Å²) >= 11 is 1.36. The second-order valence-corrected chi connectivity index (χ2v) is 11.4. The predicted molar refractivity (Wildman–Crippen MR) is 138 cm³/mol. The summed E-state index contributed by atoms with van der Waals surface area (Å²) in [5, 5.41) is 0. The molecule has 10 heteroatoms. The lowest BCUT2D eigenvalue weighted by Gasteiger charge is -2.36. The van der Waals surface area contributed by atoms with Crippen molar-refractivity contribution in [1.82, 2.24) is 9.88 Å². The fraction of sp³-hybridized carbons (Fsp3) is 0.231. The van der Waals surface area contributed by atoms with Crippen molar-refractivity contribution in [2.24, 2.45) is 0 Å². The van der Waals surface area contributed by atoms with E-state index < -0.39 is 15.7 Å². The van der Waals surface area contributed by atoms with Crippen LogP contribution < -0.4 is 4.72 Å². The predicted octanol–water partition coefficient (Wildman–Crippen LogP) is 5.67. The molecule has 0 atom stereocenters. The number of aromatic nitrogens is 1. The first kappa shape index (κ1) is 24.3. The summed E-state index contributed by atoms with van der Waals surface area (Å²) in [7, 11) is -3.87. The van der Waals surface area contributed by atoms with Crippen molar-refractivity contribution in [3.63, 3.8) is 0 Å². The van der Waals surface area contributed by atoms with E-state index >= 15 is 4.39 Å². The van der Waals surface area contributed by atoms with Gasteiger partial charge in [-0.3, -0.25) is 9.52 Å². The number of anilines is 1. The molecular weight excluding hydrogens is 504 g/mol. The molecule has 5 rings (SSSR count). The Hall–Kier alpha value is -3.37. The Balaban J connectivity index is 0.00000320. The number of hydrogen-bond acceptors (Lipinski definition) is 5. The van der Waals surface area contributed by atoms with Crippen LogP contribution in [0.1, 0.15) is 30.2 Å². The van der Waals surface area contributed by atoms with Gasteiger partial charge in [0.15, 0.2) is 0 Å². The lowest BCUT2D eigenvalue weighted by molar-refractivity contribution is 0.0437. The number of halogens is 2. The molecule has 188 valence electrons. The largest absolute Gasteiger partial charge is 0.338 e. The average molecular weight is 530 g/mol. The van der Waals surface area contributed by atoms with E-state index in [4.69, 9.17) is 0 Å². The Morgan fingerprint density at radius 1 is 1.06 bits per heavy atom. The molecule has 36 heavy (non-hydrogen) atoms. The summed E-state index contributed by atoms with van der Waals surface area (Å²) in [6.07, 6.45) is 0.561. The van der Waals surface area contributed by atoms with Gasteiger partial charge in [-0.2, -0.15) is 0 Å². The number of para-hydroxylation sites is 1. The molecule has 0 bridgehead atoms. The standard InChI is InChI=1S/C26H23F2N3O3S2.H2/c27-20-8-4-18(5-9-20)16-26(28)12-14-31(15-13-26)25(32)19-6-10-21(11-7-19)30-36(33,34)23-3-1-2-22-24(23)29-17-35-22;/h1-11,17,30H,12-16H2;1H. The van der Waals surface area contributed by atoms with Crippen molar-refractivity contribution in [1.29, 1.82) is 0 Å². The Morgan fingerprint density at radius 3 is 2.44 bits per heavy atom. The smallest absolute Gasteiger partial charge is 0.264 e. The molecular formula is C26H25F2N3O3S2. The summed E-state index contributed by atoms with van der Waals surface area (Å²) in [6, 6.07) is 17.0. The van der Waals surface area contributed by atoms with Gasteiger partial charge in [0.05, 0.1) is 10.2 Å². The minimum atomic E-state index is -3.87. The molecule has 1 fully saturated rings. The fourth-order valence-electron chi connectivity index (χ4n) is 4.41. The minimum absolute atomic E-state index is 0. The molecule has 1 N–H and O–H groups in total. The summed E-state index contributed by atoms with van der Waals surface area (Å²) < 4.78 is 57.6. The molecule has 0 saturated carbocycles. The zero-order valence-corrected chi connectivity index (χ0v) is 20.8. The van der Waals surface area contributed by atoms with Crippen molar-refractivity contribution >= 4 is 43.2 Å². The van der Waals surface area contributed by atoms with Gasteiger partial charge < -0.3 is 4.90 Å². The summed E-state index contributed by atoms with van der Waals surface area (Å²) in [6.45, 7) is 0.533. The summed E-state index contributed by atoms with van der Waals surface area (Å²) in [5.74, 6) is -0.594. The molecule has 1 aliphatic rings. The number of hydrogen-bond donors (Lipinski definition) is 1. The van der Waals surface area contributed by atoms with E-state index in [1.807, 2.05) is 6.07 Å². The van der Waals surface area contributed by atoms with E-state index in [1.54, 1.807) is 40.7 Å². The van der Waals surface area contributed by atoms with Crippen LogP contribution in [0, 0.1) is 5.82 Å². The van der Waals surface area contributed by atoms with E-state index in [-0.39, 0.29) is 50.4 Å². The number of rotatable bonds is 6. The second-order valence-electron chi connectivity index (χ2n) is 8.88. The molecule has 0 radical (unpaired) electrons. The number of thiazole rings is 1. The number of nitrogens with one attached hydrogen (secondary N) is 1. The summed E-state index contributed by atoms with van der Waals surface area (Å²) in [5.41, 5.74) is 2.00.